The molecule has 1 atom stereocenters. The lowest BCUT2D eigenvalue weighted by Gasteiger charge is -2.00. The molecule has 0 saturated heterocycles. The molecule has 4 heteroatoms. The summed E-state index contributed by atoms with van der Waals surface area (Å²) in [6, 6.07) is 7.23. The summed E-state index contributed by atoms with van der Waals surface area (Å²) in [7, 11) is 0. The molecule has 0 bridgehead atoms. The maximum Gasteiger partial charge on any atom is 0.182 e. The first-order valence-corrected chi connectivity index (χ1v) is 5.26. The number of nitrogens with zero attached hydrogens (tertiary/aromatic N) is 1. The molecule has 0 spiro atoms. The Morgan fingerprint density at radius 2 is 2.31 bits per heavy atom. The van der Waals surface area contributed by atoms with E-state index < -0.39 is 5.38 Å². The van der Waals surface area contributed by atoms with E-state index in [0.717, 1.165) is 10.9 Å². The molecule has 0 radical (unpaired) electrons. The minimum Gasteiger partial charge on any atom is -0.360 e. The highest BCUT2D eigenvalue weighted by molar-refractivity contribution is 6.34. The number of H-pyrrole nitrogens is 1. The SMILES string of the molecule is CC(Cl)C(=O)c1c[nH]c2ccc(C#N)cc12. The average molecular weight is 233 g/mol. The van der Waals surface area contributed by atoms with E-state index in [1.54, 1.807) is 31.3 Å². The normalized spacial score (nSPS) is 12.3. The first kappa shape index (κ1) is 10.7. The lowest BCUT2D eigenvalue weighted by molar-refractivity contribution is 0.0993. The maximum atomic E-state index is 11.8. The van der Waals surface area contributed by atoms with Crippen molar-refractivity contribution in [3.05, 3.63) is 35.5 Å². The Morgan fingerprint density at radius 1 is 1.56 bits per heavy atom. The summed E-state index contributed by atoms with van der Waals surface area (Å²) >= 11 is 5.77. The van der Waals surface area contributed by atoms with Crippen molar-refractivity contribution < 1.29 is 4.79 Å². The molecule has 1 aromatic heterocycles. The molecule has 1 N–H and O–H groups in total. The molecule has 80 valence electrons. The zero-order chi connectivity index (χ0) is 11.7. The van der Waals surface area contributed by atoms with Crippen LogP contribution in [-0.2, 0) is 0 Å². The second-order valence-electron chi connectivity index (χ2n) is 3.55. The number of Topliss-reactive ketones (excluding diaryl/α,β-unsaturated/α-hetero) is 1. The minimum absolute atomic E-state index is 0.136. The van der Waals surface area contributed by atoms with E-state index in [-0.39, 0.29) is 5.78 Å². The third-order valence-corrected chi connectivity index (χ3v) is 2.64. The average Bonchev–Trinajstić information content (AvgIpc) is 2.70. The molecule has 3 nitrogen and oxygen atoms in total. The van der Waals surface area contributed by atoms with Crippen LogP contribution in [0.4, 0.5) is 0 Å². The molecule has 0 saturated carbocycles. The smallest absolute Gasteiger partial charge is 0.182 e. The second kappa shape index (κ2) is 3.99. The summed E-state index contributed by atoms with van der Waals surface area (Å²) in [5, 5.41) is 8.98. The van der Waals surface area contributed by atoms with Crippen LogP contribution in [-0.4, -0.2) is 16.1 Å². The number of benzene rings is 1. The third-order valence-electron chi connectivity index (χ3n) is 2.44. The van der Waals surface area contributed by atoms with Gasteiger partial charge in [0.1, 0.15) is 0 Å². The molecule has 16 heavy (non-hydrogen) atoms. The van der Waals surface area contributed by atoms with Gasteiger partial charge in [-0.2, -0.15) is 5.26 Å². The Labute approximate surface area is 97.6 Å². The summed E-state index contributed by atoms with van der Waals surface area (Å²) in [5.41, 5.74) is 1.90. The largest absolute Gasteiger partial charge is 0.360 e. The number of halogens is 1. The minimum atomic E-state index is -0.565. The molecule has 1 heterocycles. The number of fused-ring (bicyclic) bond motifs is 1. The zero-order valence-electron chi connectivity index (χ0n) is 8.62. The first-order chi connectivity index (χ1) is 7.63. The Bertz CT molecular complexity index is 593. The number of aromatic amines is 1. The molecule has 1 aromatic carbocycles. The number of carbonyl (C=O) groups is 1. The topological polar surface area (TPSA) is 56.6 Å². The Hall–Kier alpha value is -1.79. The maximum absolute atomic E-state index is 11.8. The second-order valence-corrected chi connectivity index (χ2v) is 4.21. The van der Waals surface area contributed by atoms with Crippen LogP contribution in [0.25, 0.3) is 10.9 Å². The van der Waals surface area contributed by atoms with Gasteiger partial charge in [0.15, 0.2) is 5.78 Å². The fraction of sp³-hybridized carbons (Fsp3) is 0.167. The number of hydrogen-bond donors (Lipinski definition) is 1. The standard InChI is InChI=1S/C12H9ClN2O/c1-7(13)12(16)10-6-15-11-3-2-8(5-14)4-9(10)11/h2-4,6-7,15H,1H3. The van der Waals surface area contributed by atoms with Crippen LogP contribution >= 0.6 is 11.6 Å². The van der Waals surface area contributed by atoms with E-state index in [9.17, 15) is 4.79 Å². The Morgan fingerprint density at radius 3 is 2.94 bits per heavy atom. The molecule has 0 aliphatic carbocycles. The van der Waals surface area contributed by atoms with Gasteiger partial charge in [-0.25, -0.2) is 0 Å². The van der Waals surface area contributed by atoms with Crippen LogP contribution in [0.1, 0.15) is 22.8 Å². The van der Waals surface area contributed by atoms with Crippen molar-refractivity contribution in [2.75, 3.05) is 0 Å². The molecular weight excluding hydrogens is 224 g/mol. The Kier molecular flexibility index (Phi) is 2.67. The first-order valence-electron chi connectivity index (χ1n) is 4.83. The molecule has 0 aliphatic heterocycles. The van der Waals surface area contributed by atoms with Gasteiger partial charge < -0.3 is 4.98 Å². The number of hydrogen-bond acceptors (Lipinski definition) is 2. The fourth-order valence-electron chi connectivity index (χ4n) is 1.61. The highest BCUT2D eigenvalue weighted by atomic mass is 35.5. The lowest BCUT2D eigenvalue weighted by atomic mass is 10.1. The van der Waals surface area contributed by atoms with Crippen LogP contribution in [0.3, 0.4) is 0 Å². The summed E-state index contributed by atoms with van der Waals surface area (Å²) in [6.45, 7) is 1.64. The van der Waals surface area contributed by atoms with Crippen LogP contribution in [0.2, 0.25) is 0 Å². The summed E-state index contributed by atoms with van der Waals surface area (Å²) in [4.78, 5) is 14.8. The number of nitrogens with one attached hydrogen (secondary N) is 1. The monoisotopic (exact) mass is 232 g/mol. The highest BCUT2D eigenvalue weighted by Crippen LogP contribution is 2.21. The molecule has 2 aromatic rings. The number of carbonyl (C=O) groups excluding carboxylic acids is 1. The van der Waals surface area contributed by atoms with E-state index >= 15 is 0 Å². The van der Waals surface area contributed by atoms with Crippen molar-refractivity contribution in [2.45, 2.75) is 12.3 Å². The quantitative estimate of drug-likeness (QED) is 0.639. The van der Waals surface area contributed by atoms with Crippen LogP contribution in [0, 0.1) is 11.3 Å². The zero-order valence-corrected chi connectivity index (χ0v) is 9.38. The van der Waals surface area contributed by atoms with Crippen molar-refractivity contribution >= 4 is 28.3 Å². The molecule has 0 aliphatic rings. The van der Waals surface area contributed by atoms with Gasteiger partial charge in [-0.15, -0.1) is 11.6 Å². The van der Waals surface area contributed by atoms with Crippen molar-refractivity contribution in [2.24, 2.45) is 0 Å². The third kappa shape index (κ3) is 1.68. The molecular formula is C12H9ClN2O. The van der Waals surface area contributed by atoms with Crippen LogP contribution in [0.5, 0.6) is 0 Å². The summed E-state index contributed by atoms with van der Waals surface area (Å²) in [5.74, 6) is -0.136. The lowest BCUT2D eigenvalue weighted by Crippen LogP contribution is -2.09. The molecule has 2 rings (SSSR count). The van der Waals surface area contributed by atoms with Crippen molar-refractivity contribution in [3.63, 3.8) is 0 Å². The van der Waals surface area contributed by atoms with Gasteiger partial charge in [-0.05, 0) is 25.1 Å². The van der Waals surface area contributed by atoms with E-state index in [4.69, 9.17) is 16.9 Å². The van der Waals surface area contributed by atoms with Gasteiger partial charge in [0, 0.05) is 22.7 Å². The molecule has 0 fully saturated rings. The van der Waals surface area contributed by atoms with Gasteiger partial charge in [-0.1, -0.05) is 0 Å². The van der Waals surface area contributed by atoms with E-state index in [1.807, 2.05) is 6.07 Å². The van der Waals surface area contributed by atoms with Crippen molar-refractivity contribution in [3.8, 4) is 6.07 Å². The number of aromatic nitrogens is 1. The van der Waals surface area contributed by atoms with Gasteiger partial charge >= 0.3 is 0 Å². The van der Waals surface area contributed by atoms with E-state index in [2.05, 4.69) is 4.98 Å². The molecule has 1 unspecified atom stereocenters. The summed E-state index contributed by atoms with van der Waals surface area (Å²) in [6.07, 6.45) is 1.63. The fourth-order valence-corrected chi connectivity index (χ4v) is 1.73. The van der Waals surface area contributed by atoms with E-state index in [1.165, 1.54) is 0 Å². The highest BCUT2D eigenvalue weighted by Gasteiger charge is 2.16. The predicted octanol–water partition coefficient (Wildman–Crippen LogP) is 2.85. The number of alkyl halides is 1. The Balaban J connectivity index is 2.64. The summed E-state index contributed by atoms with van der Waals surface area (Å²) < 4.78 is 0. The number of ketones is 1. The van der Waals surface area contributed by atoms with Gasteiger partial charge in [0.25, 0.3) is 0 Å². The van der Waals surface area contributed by atoms with Crippen molar-refractivity contribution in [1.82, 2.24) is 4.98 Å². The van der Waals surface area contributed by atoms with Gasteiger partial charge in [0.2, 0.25) is 0 Å². The van der Waals surface area contributed by atoms with Crippen LogP contribution < -0.4 is 0 Å². The van der Waals surface area contributed by atoms with Crippen molar-refractivity contribution in [1.29, 1.82) is 5.26 Å². The predicted molar refractivity (Wildman–Crippen MR) is 62.7 cm³/mol. The number of rotatable bonds is 2. The molecule has 0 amide bonds. The van der Waals surface area contributed by atoms with Crippen LogP contribution in [0.15, 0.2) is 24.4 Å². The van der Waals surface area contributed by atoms with E-state index in [0.29, 0.717) is 11.1 Å². The number of nitriles is 1. The van der Waals surface area contributed by atoms with Gasteiger partial charge in [0.05, 0.1) is 17.0 Å². The van der Waals surface area contributed by atoms with Gasteiger partial charge in [-0.3, -0.25) is 4.79 Å².